The Labute approximate surface area is 103 Å². The van der Waals surface area contributed by atoms with E-state index in [1.165, 1.54) is 12.1 Å². The molecule has 0 aliphatic carbocycles. The standard InChI is InChI=1S/C14H11FN2O/c15-12-4-5-13-9(2-1-3-10(13)7-12)6-11-8-16-17-14(11)18/h1-7,16H,8H2,(H,17,18)/b11-6+. The SMILES string of the molecule is O=C1NNC/C1=C\c1cccc2cc(F)ccc12. The van der Waals surface area contributed by atoms with Gasteiger partial charge in [0, 0.05) is 12.1 Å². The minimum atomic E-state index is -0.257. The summed E-state index contributed by atoms with van der Waals surface area (Å²) in [5.74, 6) is -0.373. The molecule has 0 spiro atoms. The van der Waals surface area contributed by atoms with Gasteiger partial charge in [-0.3, -0.25) is 10.2 Å². The molecule has 1 fully saturated rings. The summed E-state index contributed by atoms with van der Waals surface area (Å²) >= 11 is 0. The van der Waals surface area contributed by atoms with Gasteiger partial charge in [-0.25, -0.2) is 9.82 Å². The summed E-state index contributed by atoms with van der Waals surface area (Å²) in [4.78, 5) is 11.5. The molecule has 0 bridgehead atoms. The van der Waals surface area contributed by atoms with Gasteiger partial charge in [0.2, 0.25) is 0 Å². The molecule has 1 heterocycles. The van der Waals surface area contributed by atoms with Gasteiger partial charge in [0.15, 0.2) is 0 Å². The lowest BCUT2D eigenvalue weighted by atomic mass is 10.0. The summed E-state index contributed by atoms with van der Waals surface area (Å²) in [6.07, 6.45) is 1.83. The van der Waals surface area contributed by atoms with E-state index in [0.29, 0.717) is 12.1 Å². The predicted octanol–water partition coefficient (Wildman–Crippen LogP) is 2.00. The minimum absolute atomic E-state index is 0.117. The van der Waals surface area contributed by atoms with Gasteiger partial charge in [-0.2, -0.15) is 0 Å². The number of rotatable bonds is 1. The van der Waals surface area contributed by atoms with Crippen LogP contribution in [0.15, 0.2) is 42.0 Å². The van der Waals surface area contributed by atoms with Gasteiger partial charge in [0.05, 0.1) is 0 Å². The second-order valence-corrected chi connectivity index (χ2v) is 4.19. The third-order valence-corrected chi connectivity index (χ3v) is 2.98. The molecule has 0 atom stereocenters. The summed E-state index contributed by atoms with van der Waals surface area (Å²) in [6.45, 7) is 0.496. The van der Waals surface area contributed by atoms with Crippen LogP contribution in [0.2, 0.25) is 0 Å². The molecule has 0 unspecified atom stereocenters. The zero-order valence-corrected chi connectivity index (χ0v) is 9.53. The molecular weight excluding hydrogens is 231 g/mol. The lowest BCUT2D eigenvalue weighted by molar-refractivity contribution is -0.116. The number of nitrogens with one attached hydrogen (secondary N) is 2. The van der Waals surface area contributed by atoms with Crippen LogP contribution in [-0.4, -0.2) is 12.5 Å². The highest BCUT2D eigenvalue weighted by Crippen LogP contribution is 2.22. The van der Waals surface area contributed by atoms with Crippen molar-refractivity contribution in [2.75, 3.05) is 6.54 Å². The molecule has 0 aromatic heterocycles. The molecule has 0 saturated carbocycles. The highest BCUT2D eigenvalue weighted by atomic mass is 19.1. The van der Waals surface area contributed by atoms with Crippen molar-refractivity contribution < 1.29 is 9.18 Å². The molecule has 4 heteroatoms. The van der Waals surface area contributed by atoms with E-state index in [9.17, 15) is 9.18 Å². The van der Waals surface area contributed by atoms with E-state index in [2.05, 4.69) is 10.9 Å². The number of hydrogen-bond donors (Lipinski definition) is 2. The minimum Gasteiger partial charge on any atom is -0.287 e. The van der Waals surface area contributed by atoms with Crippen molar-refractivity contribution >= 4 is 22.8 Å². The average molecular weight is 242 g/mol. The molecule has 2 aromatic carbocycles. The molecule has 90 valence electrons. The summed E-state index contributed by atoms with van der Waals surface area (Å²) in [5, 5.41) is 1.77. The Kier molecular flexibility index (Phi) is 2.57. The highest BCUT2D eigenvalue weighted by Gasteiger charge is 2.15. The van der Waals surface area contributed by atoms with Gasteiger partial charge in [-0.05, 0) is 34.5 Å². The quantitative estimate of drug-likeness (QED) is 0.751. The molecule has 1 aliphatic rings. The second-order valence-electron chi connectivity index (χ2n) is 4.19. The summed E-state index contributed by atoms with van der Waals surface area (Å²) < 4.78 is 13.1. The smallest absolute Gasteiger partial charge is 0.262 e. The zero-order chi connectivity index (χ0) is 12.5. The summed E-state index contributed by atoms with van der Waals surface area (Å²) in [5.41, 5.74) is 6.89. The number of hydrogen-bond acceptors (Lipinski definition) is 2. The van der Waals surface area contributed by atoms with Gasteiger partial charge in [0.25, 0.3) is 5.91 Å². The van der Waals surface area contributed by atoms with Crippen molar-refractivity contribution in [3.8, 4) is 0 Å². The molecule has 2 N–H and O–H groups in total. The van der Waals surface area contributed by atoms with Gasteiger partial charge in [-0.15, -0.1) is 0 Å². The Morgan fingerprint density at radius 1 is 1.22 bits per heavy atom. The van der Waals surface area contributed by atoms with Crippen LogP contribution in [0.25, 0.3) is 16.8 Å². The Balaban J connectivity index is 2.15. The second kappa shape index (κ2) is 4.23. The molecule has 0 radical (unpaired) electrons. The normalized spacial score (nSPS) is 17.4. The lowest BCUT2D eigenvalue weighted by Gasteiger charge is -2.03. The monoisotopic (exact) mass is 242 g/mol. The van der Waals surface area contributed by atoms with E-state index >= 15 is 0 Å². The maximum absolute atomic E-state index is 13.1. The van der Waals surface area contributed by atoms with Crippen LogP contribution in [0.4, 0.5) is 4.39 Å². The van der Waals surface area contributed by atoms with Gasteiger partial charge in [-0.1, -0.05) is 24.3 Å². The Morgan fingerprint density at radius 3 is 2.89 bits per heavy atom. The number of benzene rings is 2. The average Bonchev–Trinajstić information content (AvgIpc) is 2.75. The molecule has 18 heavy (non-hydrogen) atoms. The van der Waals surface area contributed by atoms with E-state index in [1.807, 2.05) is 24.3 Å². The lowest BCUT2D eigenvalue weighted by Crippen LogP contribution is -2.25. The van der Waals surface area contributed by atoms with Crippen molar-refractivity contribution in [1.29, 1.82) is 0 Å². The number of carbonyl (C=O) groups is 1. The fourth-order valence-electron chi connectivity index (χ4n) is 2.09. The van der Waals surface area contributed by atoms with Gasteiger partial charge >= 0.3 is 0 Å². The molecule has 3 rings (SSSR count). The van der Waals surface area contributed by atoms with Gasteiger partial charge in [0.1, 0.15) is 5.82 Å². The van der Waals surface area contributed by atoms with E-state index in [4.69, 9.17) is 0 Å². The van der Waals surface area contributed by atoms with Crippen molar-refractivity contribution in [2.45, 2.75) is 0 Å². The largest absolute Gasteiger partial charge is 0.287 e. The Hall–Kier alpha value is -2.20. The molecule has 1 amide bonds. The van der Waals surface area contributed by atoms with Crippen molar-refractivity contribution in [3.63, 3.8) is 0 Å². The van der Waals surface area contributed by atoms with Crippen LogP contribution < -0.4 is 10.9 Å². The molecule has 1 aliphatic heterocycles. The Morgan fingerprint density at radius 2 is 2.11 bits per heavy atom. The fourth-order valence-corrected chi connectivity index (χ4v) is 2.09. The van der Waals surface area contributed by atoms with Crippen LogP contribution in [0.1, 0.15) is 5.56 Å². The van der Waals surface area contributed by atoms with Gasteiger partial charge < -0.3 is 0 Å². The first-order chi connectivity index (χ1) is 8.74. The maximum atomic E-state index is 13.1. The van der Waals surface area contributed by atoms with Crippen LogP contribution in [0.3, 0.4) is 0 Å². The van der Waals surface area contributed by atoms with E-state index in [0.717, 1.165) is 16.3 Å². The number of hydrazine groups is 1. The third kappa shape index (κ3) is 1.87. The van der Waals surface area contributed by atoms with E-state index < -0.39 is 0 Å². The number of amides is 1. The third-order valence-electron chi connectivity index (χ3n) is 2.98. The van der Waals surface area contributed by atoms with Crippen LogP contribution in [0.5, 0.6) is 0 Å². The molecule has 2 aromatic rings. The number of halogens is 1. The topological polar surface area (TPSA) is 41.1 Å². The maximum Gasteiger partial charge on any atom is 0.262 e. The van der Waals surface area contributed by atoms with Crippen molar-refractivity contribution in [1.82, 2.24) is 10.9 Å². The Bertz CT molecular complexity index is 664. The first-order valence-corrected chi connectivity index (χ1v) is 5.66. The zero-order valence-electron chi connectivity index (χ0n) is 9.53. The summed E-state index contributed by atoms with van der Waals surface area (Å²) in [6, 6.07) is 10.3. The van der Waals surface area contributed by atoms with Crippen molar-refractivity contribution in [3.05, 3.63) is 53.4 Å². The number of carbonyl (C=O) groups excluding carboxylic acids is 1. The molecule has 1 saturated heterocycles. The first kappa shape index (κ1) is 10.9. The fraction of sp³-hybridized carbons (Fsp3) is 0.0714. The molecule has 3 nitrogen and oxygen atoms in total. The molecular formula is C14H11FN2O. The summed E-state index contributed by atoms with van der Waals surface area (Å²) in [7, 11) is 0. The number of fused-ring (bicyclic) bond motifs is 1. The van der Waals surface area contributed by atoms with E-state index in [-0.39, 0.29) is 11.7 Å². The van der Waals surface area contributed by atoms with Crippen molar-refractivity contribution in [2.24, 2.45) is 0 Å². The van der Waals surface area contributed by atoms with Crippen LogP contribution in [0, 0.1) is 5.82 Å². The predicted molar refractivity (Wildman–Crippen MR) is 68.0 cm³/mol. The van der Waals surface area contributed by atoms with Crippen LogP contribution in [-0.2, 0) is 4.79 Å². The van der Waals surface area contributed by atoms with Crippen LogP contribution >= 0.6 is 0 Å². The first-order valence-electron chi connectivity index (χ1n) is 5.66. The highest BCUT2D eigenvalue weighted by molar-refractivity contribution is 6.02. The van der Waals surface area contributed by atoms with E-state index in [1.54, 1.807) is 6.07 Å².